The van der Waals surface area contributed by atoms with Gasteiger partial charge in [-0.15, -0.1) is 0 Å². The molecule has 6 heteroatoms. The van der Waals surface area contributed by atoms with Crippen molar-refractivity contribution in [2.75, 3.05) is 36.0 Å². The van der Waals surface area contributed by atoms with E-state index in [1.165, 1.54) is 28.1 Å². The van der Waals surface area contributed by atoms with Gasteiger partial charge in [-0.1, -0.05) is 195 Å². The third-order valence-corrected chi connectivity index (χ3v) is 20.4. The molecule has 0 amide bonds. The average molecular weight is 1110 g/mol. The lowest BCUT2D eigenvalue weighted by molar-refractivity contribution is -0.128. The third-order valence-electron chi connectivity index (χ3n) is 20.4. The molecule has 0 fully saturated rings. The average Bonchev–Trinajstić information content (AvgIpc) is 0.987. The molecule has 0 saturated carbocycles. The number of fused-ring (bicyclic) bond motifs is 6. The van der Waals surface area contributed by atoms with Crippen molar-refractivity contribution in [1.82, 2.24) is 0 Å². The Morgan fingerprint density at radius 1 is 0.471 bits per heavy atom. The highest BCUT2D eigenvalue weighted by Crippen LogP contribution is 2.56. The fraction of sp³-hybridized carbons (Fsp3) is 0.266. The number of anilines is 2. The topological polar surface area (TPSA) is 63.0 Å². The smallest absolute Gasteiger partial charge is 0.344 e. The largest absolute Gasteiger partial charge is 0.422 e. The molecule has 6 nitrogen and oxygen atoms in total. The van der Waals surface area contributed by atoms with Gasteiger partial charge in [0.05, 0.1) is 11.1 Å². The molecular formula is C79H72N2O4. The van der Waals surface area contributed by atoms with Crippen LogP contribution in [0.5, 0.6) is 5.75 Å². The normalized spacial score (nSPS) is 17.1. The van der Waals surface area contributed by atoms with E-state index in [-0.39, 0.29) is 27.3 Å². The van der Waals surface area contributed by atoms with Crippen molar-refractivity contribution in [3.63, 3.8) is 0 Å². The highest BCUT2D eigenvalue weighted by molar-refractivity contribution is 6.30. The van der Waals surface area contributed by atoms with Crippen molar-refractivity contribution in [1.29, 1.82) is 0 Å². The first kappa shape index (κ1) is 53.0. The monoisotopic (exact) mass is 1110 g/mol. The van der Waals surface area contributed by atoms with Crippen molar-refractivity contribution in [2.45, 2.75) is 110 Å². The minimum atomic E-state index is -0.440. The molecule has 0 N–H and O–H groups in total. The Bertz CT molecular complexity index is 4680. The summed E-state index contributed by atoms with van der Waals surface area (Å²) in [7, 11) is 0. The molecule has 85 heavy (non-hydrogen) atoms. The number of hydrogen-bond acceptors (Lipinski definition) is 6. The molecule has 0 atom stereocenters. The van der Waals surface area contributed by atoms with E-state index in [2.05, 4.69) is 230 Å². The highest BCUT2D eigenvalue weighted by Gasteiger charge is 2.44. The van der Waals surface area contributed by atoms with Gasteiger partial charge in [0, 0.05) is 54.1 Å². The van der Waals surface area contributed by atoms with Gasteiger partial charge < -0.3 is 19.0 Å². The summed E-state index contributed by atoms with van der Waals surface area (Å²) < 4.78 is 13.2. The van der Waals surface area contributed by atoms with Gasteiger partial charge in [-0.25, -0.2) is 9.59 Å². The Balaban J connectivity index is 0.852. The summed E-state index contributed by atoms with van der Waals surface area (Å²) in [6, 6.07) is 58.6. The molecule has 422 valence electrons. The lowest BCUT2D eigenvalue weighted by atomic mass is 9.69. The molecular weight excluding hydrogens is 1040 g/mol. The maximum Gasteiger partial charge on any atom is 0.344 e. The molecule has 5 heterocycles. The molecule has 0 spiro atoms. The molecule has 0 saturated heterocycles. The predicted molar refractivity (Wildman–Crippen MR) is 355 cm³/mol. The number of aryl methyl sites for hydroxylation is 1. The van der Waals surface area contributed by atoms with Crippen molar-refractivity contribution in [2.24, 2.45) is 0 Å². The second-order valence-electron chi connectivity index (χ2n) is 27.5. The summed E-state index contributed by atoms with van der Waals surface area (Å²) in [5.74, 6) is 0.231. The van der Waals surface area contributed by atoms with Gasteiger partial charge in [-0.3, -0.25) is 0 Å². The zero-order valence-corrected chi connectivity index (χ0v) is 50.5. The SMILES string of the molecule is C=C(C(=O)Oc1c(C)cc2c3c1C(C)(C)CCN3CCC2(C)C)c1cccc(-c2c3ccccc3c(-c3c4ccccc4c(-c4cccc(-c5cc6cc7c8c(c6oc5=O)C(C)(C)CCN8CCC7(C)C)c4)c4ccccc34)c3ccccc23)c1. The fourth-order valence-electron chi connectivity index (χ4n) is 15.6. The molecule has 11 aromatic rings. The summed E-state index contributed by atoms with van der Waals surface area (Å²) in [6.45, 7) is 29.1. The van der Waals surface area contributed by atoms with Crippen molar-refractivity contribution in [3.8, 4) is 50.3 Å². The van der Waals surface area contributed by atoms with Gasteiger partial charge >= 0.3 is 11.6 Å². The molecule has 0 bridgehead atoms. The maximum absolute atomic E-state index is 14.6. The summed E-state index contributed by atoms with van der Waals surface area (Å²) >= 11 is 0. The van der Waals surface area contributed by atoms with Crippen molar-refractivity contribution < 1.29 is 13.9 Å². The van der Waals surface area contributed by atoms with E-state index >= 15 is 0 Å². The third kappa shape index (κ3) is 8.10. The molecule has 10 aromatic carbocycles. The minimum Gasteiger partial charge on any atom is -0.422 e. The van der Waals surface area contributed by atoms with Gasteiger partial charge in [0.2, 0.25) is 0 Å². The number of ether oxygens (including phenoxy) is 1. The first-order chi connectivity index (χ1) is 40.8. The molecule has 4 aliphatic rings. The van der Waals surface area contributed by atoms with Crippen LogP contribution in [0.3, 0.4) is 0 Å². The highest BCUT2D eigenvalue weighted by atomic mass is 16.5. The van der Waals surface area contributed by atoms with E-state index in [1.54, 1.807) is 0 Å². The van der Waals surface area contributed by atoms with Crippen LogP contribution in [-0.4, -0.2) is 32.1 Å². The second kappa shape index (κ2) is 18.9. The molecule has 1 aromatic heterocycles. The van der Waals surface area contributed by atoms with Crippen LogP contribution in [0.15, 0.2) is 180 Å². The lowest BCUT2D eigenvalue weighted by Crippen LogP contribution is -2.45. The first-order valence-corrected chi connectivity index (χ1v) is 30.6. The van der Waals surface area contributed by atoms with Crippen LogP contribution >= 0.6 is 0 Å². The fourth-order valence-corrected chi connectivity index (χ4v) is 15.6. The Hall–Kier alpha value is -8.74. The van der Waals surface area contributed by atoms with Crippen molar-refractivity contribution >= 4 is 77.0 Å². The Labute approximate surface area is 498 Å². The Morgan fingerprint density at radius 3 is 1.39 bits per heavy atom. The van der Waals surface area contributed by atoms with Crippen molar-refractivity contribution in [3.05, 3.63) is 214 Å². The van der Waals surface area contributed by atoms with Gasteiger partial charge in [0.1, 0.15) is 11.3 Å². The number of carbonyl (C=O) groups is 1. The van der Waals surface area contributed by atoms with Crippen LogP contribution in [0, 0.1) is 6.92 Å². The number of hydrogen-bond donors (Lipinski definition) is 0. The van der Waals surface area contributed by atoms with Crippen LogP contribution in [-0.2, 0) is 26.5 Å². The lowest BCUT2D eigenvalue weighted by Gasteiger charge is -2.48. The van der Waals surface area contributed by atoms with Gasteiger partial charge in [0.15, 0.2) is 0 Å². The number of rotatable bonds is 7. The van der Waals surface area contributed by atoms with E-state index in [4.69, 9.17) is 9.15 Å². The van der Waals surface area contributed by atoms with E-state index in [0.29, 0.717) is 16.9 Å². The minimum absolute atomic E-state index is 0.00831. The van der Waals surface area contributed by atoms with E-state index in [1.807, 2.05) is 12.1 Å². The molecule has 0 unspecified atom stereocenters. The van der Waals surface area contributed by atoms with Gasteiger partial charge in [-0.2, -0.15) is 0 Å². The van der Waals surface area contributed by atoms with Crippen LogP contribution < -0.4 is 20.2 Å². The van der Waals surface area contributed by atoms with Gasteiger partial charge in [-0.05, 0) is 189 Å². The molecule has 15 rings (SSSR count). The quantitative estimate of drug-likeness (QED) is 0.0521. The second-order valence-corrected chi connectivity index (χ2v) is 27.5. The zero-order valence-electron chi connectivity index (χ0n) is 50.5. The van der Waals surface area contributed by atoms with E-state index < -0.39 is 5.97 Å². The maximum atomic E-state index is 14.6. The molecule has 4 aliphatic heterocycles. The van der Waals surface area contributed by atoms with Crippen LogP contribution in [0.2, 0.25) is 0 Å². The van der Waals surface area contributed by atoms with Crippen LogP contribution in [0.4, 0.5) is 11.4 Å². The number of nitrogens with zero attached hydrogens (tertiary/aromatic N) is 2. The summed E-state index contributed by atoms with van der Waals surface area (Å²) in [5.41, 5.74) is 17.6. The Kier molecular flexibility index (Phi) is 11.8. The number of carbonyl (C=O) groups excluding carboxylic acids is 1. The first-order valence-electron chi connectivity index (χ1n) is 30.6. The predicted octanol–water partition coefficient (Wildman–Crippen LogP) is 19.3. The standard InChI is InChI=1S/C79H72N2O4/c1-46-41-62-70-68(78(7,8)35-39-80(70)37-33-76(62,3)4)72(46)84-74(82)47(2)48-21-19-23-50(42-48)64-53-25-11-15-29-57(53)66(58-30-16-12-26-54(58)64)67-59-31-17-13-27-55(59)65(56-28-14-18-32-60(56)67)51-24-20-22-49(43-51)61-44-52-45-63-71-69(73(52)85-75(61)83)79(9,10)36-40-81(71)38-34-77(63,5)6/h11-32,41-45H,2,33-40H2,1,3-10H3. The van der Waals surface area contributed by atoms with E-state index in [9.17, 15) is 9.59 Å². The van der Waals surface area contributed by atoms with Gasteiger partial charge in [0.25, 0.3) is 0 Å². The summed E-state index contributed by atoms with van der Waals surface area (Å²) in [5, 5.41) is 9.94. The zero-order chi connectivity index (χ0) is 58.6. The summed E-state index contributed by atoms with van der Waals surface area (Å²) in [6.07, 6.45) is 4.16. The van der Waals surface area contributed by atoms with E-state index in [0.717, 1.165) is 162 Å². The Morgan fingerprint density at radius 2 is 0.882 bits per heavy atom. The number of benzene rings is 10. The van der Waals surface area contributed by atoms with Crippen LogP contribution in [0.25, 0.3) is 104 Å². The number of esters is 1. The molecule has 0 radical (unpaired) electrons. The summed E-state index contributed by atoms with van der Waals surface area (Å²) in [4.78, 5) is 34.2. The molecule has 0 aliphatic carbocycles. The van der Waals surface area contributed by atoms with Crippen LogP contribution in [0.1, 0.15) is 114 Å².